The minimum absolute atomic E-state index is 0.0725. The van der Waals surface area contributed by atoms with Crippen molar-refractivity contribution in [2.75, 3.05) is 5.32 Å². The first-order valence-electron chi connectivity index (χ1n) is 6.55. The van der Waals surface area contributed by atoms with Crippen molar-refractivity contribution >= 4 is 11.7 Å². The molecule has 0 bridgehead atoms. The summed E-state index contributed by atoms with van der Waals surface area (Å²) in [5, 5.41) is 9.49. The Morgan fingerprint density at radius 3 is 2.55 bits per heavy atom. The Labute approximate surface area is 118 Å². The van der Waals surface area contributed by atoms with Crippen molar-refractivity contribution in [1.29, 1.82) is 0 Å². The molecule has 1 aromatic heterocycles. The van der Waals surface area contributed by atoms with Gasteiger partial charge >= 0.3 is 6.03 Å². The van der Waals surface area contributed by atoms with E-state index < -0.39 is 0 Å². The van der Waals surface area contributed by atoms with E-state index in [0.29, 0.717) is 17.1 Å². The molecule has 2 rings (SSSR count). The molecule has 2 N–H and O–H groups in total. The summed E-state index contributed by atoms with van der Waals surface area (Å²) < 4.78 is 5.01. The first-order valence-corrected chi connectivity index (χ1v) is 6.55. The molecular weight excluding hydrogens is 254 g/mol. The van der Waals surface area contributed by atoms with Crippen LogP contribution in [0.4, 0.5) is 10.5 Å². The highest BCUT2D eigenvalue weighted by molar-refractivity contribution is 5.90. The van der Waals surface area contributed by atoms with Crippen molar-refractivity contribution < 1.29 is 9.32 Å². The molecule has 2 amide bonds. The van der Waals surface area contributed by atoms with Gasteiger partial charge in [-0.2, -0.15) is 0 Å². The van der Waals surface area contributed by atoms with Crippen LogP contribution in [0.1, 0.15) is 35.5 Å². The number of hydrogen-bond acceptors (Lipinski definition) is 3. The van der Waals surface area contributed by atoms with Gasteiger partial charge in [0.15, 0.2) is 5.76 Å². The normalized spacial score (nSPS) is 12.0. The average Bonchev–Trinajstić information content (AvgIpc) is 2.71. The van der Waals surface area contributed by atoms with E-state index >= 15 is 0 Å². The molecule has 1 atom stereocenters. The van der Waals surface area contributed by atoms with Gasteiger partial charge in [0.1, 0.15) is 11.4 Å². The van der Waals surface area contributed by atoms with E-state index in [1.807, 2.05) is 38.1 Å². The zero-order chi connectivity index (χ0) is 14.7. The van der Waals surface area contributed by atoms with Crippen molar-refractivity contribution in [1.82, 2.24) is 10.5 Å². The summed E-state index contributed by atoms with van der Waals surface area (Å²) in [5.41, 5.74) is 3.54. The van der Waals surface area contributed by atoms with E-state index in [0.717, 1.165) is 11.1 Å². The van der Waals surface area contributed by atoms with Crippen LogP contribution in [-0.2, 0) is 0 Å². The smallest absolute Gasteiger partial charge is 0.319 e. The maximum absolute atomic E-state index is 12.0. The summed E-state index contributed by atoms with van der Waals surface area (Å²) >= 11 is 0. The van der Waals surface area contributed by atoms with Crippen LogP contribution in [0.25, 0.3) is 0 Å². The minimum Gasteiger partial charge on any atom is -0.359 e. The summed E-state index contributed by atoms with van der Waals surface area (Å²) in [6.07, 6.45) is 0. The molecule has 1 unspecified atom stereocenters. The fraction of sp³-hybridized carbons (Fsp3) is 0.333. The number of hydrogen-bond donors (Lipinski definition) is 2. The lowest BCUT2D eigenvalue weighted by Gasteiger charge is -2.16. The molecule has 0 radical (unpaired) electrons. The van der Waals surface area contributed by atoms with Crippen molar-refractivity contribution in [2.45, 2.75) is 33.7 Å². The highest BCUT2D eigenvalue weighted by Gasteiger charge is 2.15. The molecule has 0 saturated heterocycles. The first-order chi connectivity index (χ1) is 9.49. The van der Waals surface area contributed by atoms with Crippen molar-refractivity contribution in [2.24, 2.45) is 0 Å². The van der Waals surface area contributed by atoms with Crippen molar-refractivity contribution in [3.63, 3.8) is 0 Å². The van der Waals surface area contributed by atoms with Crippen LogP contribution < -0.4 is 10.6 Å². The number of aryl methyl sites for hydroxylation is 3. The fourth-order valence-electron chi connectivity index (χ4n) is 2.16. The molecule has 5 heteroatoms. The van der Waals surface area contributed by atoms with E-state index in [2.05, 4.69) is 15.8 Å². The fourth-order valence-corrected chi connectivity index (χ4v) is 2.16. The van der Waals surface area contributed by atoms with E-state index in [-0.39, 0.29) is 12.1 Å². The monoisotopic (exact) mass is 273 g/mol. The van der Waals surface area contributed by atoms with Crippen LogP contribution in [0.2, 0.25) is 0 Å². The number of carbonyl (C=O) groups is 1. The molecule has 0 spiro atoms. The van der Waals surface area contributed by atoms with Gasteiger partial charge in [0.25, 0.3) is 0 Å². The Morgan fingerprint density at radius 2 is 1.95 bits per heavy atom. The Balaban J connectivity index is 2.04. The molecule has 5 nitrogen and oxygen atoms in total. The van der Waals surface area contributed by atoms with Crippen molar-refractivity contribution in [3.05, 3.63) is 46.8 Å². The molecule has 0 aliphatic heterocycles. The molecule has 0 aliphatic rings. The Bertz CT molecular complexity index is 600. The Morgan fingerprint density at radius 1 is 1.25 bits per heavy atom. The molecule has 1 aromatic carbocycles. The summed E-state index contributed by atoms with van der Waals surface area (Å²) in [4.78, 5) is 12.0. The number of nitrogens with one attached hydrogen (secondary N) is 2. The topological polar surface area (TPSA) is 67.2 Å². The molecule has 0 aliphatic carbocycles. The summed E-state index contributed by atoms with van der Waals surface area (Å²) in [6, 6.07) is 7.64. The lowest BCUT2D eigenvalue weighted by molar-refractivity contribution is 0.249. The maximum atomic E-state index is 12.0. The lowest BCUT2D eigenvalue weighted by Crippen LogP contribution is -2.31. The van der Waals surface area contributed by atoms with Crippen LogP contribution >= 0.6 is 0 Å². The second-order valence-electron chi connectivity index (χ2n) is 4.88. The minimum atomic E-state index is -0.268. The summed E-state index contributed by atoms with van der Waals surface area (Å²) in [5.74, 6) is 0.598. The number of anilines is 1. The van der Waals surface area contributed by atoms with E-state index in [1.165, 1.54) is 0 Å². The highest BCUT2D eigenvalue weighted by atomic mass is 16.5. The first kappa shape index (κ1) is 14.1. The van der Waals surface area contributed by atoms with E-state index in [1.54, 1.807) is 13.8 Å². The number of carbonyl (C=O) groups excluding carboxylic acids is 1. The highest BCUT2D eigenvalue weighted by Crippen LogP contribution is 2.20. The summed E-state index contributed by atoms with van der Waals surface area (Å²) in [6.45, 7) is 7.53. The molecule has 20 heavy (non-hydrogen) atoms. The van der Waals surface area contributed by atoms with Gasteiger partial charge < -0.3 is 15.2 Å². The molecule has 1 heterocycles. The lowest BCUT2D eigenvalue weighted by atomic mass is 10.0. The average molecular weight is 273 g/mol. The molecule has 0 saturated carbocycles. The van der Waals surface area contributed by atoms with Crippen LogP contribution in [0, 0.1) is 20.8 Å². The van der Waals surface area contributed by atoms with Crippen LogP contribution in [0.15, 0.2) is 28.8 Å². The molecule has 106 valence electrons. The van der Waals surface area contributed by atoms with E-state index in [9.17, 15) is 4.79 Å². The van der Waals surface area contributed by atoms with Crippen LogP contribution in [-0.4, -0.2) is 11.2 Å². The quantitative estimate of drug-likeness (QED) is 0.899. The van der Waals surface area contributed by atoms with Gasteiger partial charge in [-0.25, -0.2) is 4.79 Å². The number of aromatic nitrogens is 1. The third-order valence-electron chi connectivity index (χ3n) is 3.27. The Hall–Kier alpha value is -2.30. The number of nitrogens with zero attached hydrogens (tertiary/aromatic N) is 1. The van der Waals surface area contributed by atoms with Crippen LogP contribution in [0.3, 0.4) is 0 Å². The third-order valence-corrected chi connectivity index (χ3v) is 3.27. The SMILES string of the molecule is Cc1ccccc1C(C)NC(=O)Nc1c(C)noc1C. The van der Waals surface area contributed by atoms with Crippen molar-refractivity contribution in [3.8, 4) is 0 Å². The van der Waals surface area contributed by atoms with Gasteiger partial charge in [0.2, 0.25) is 0 Å². The van der Waals surface area contributed by atoms with Gasteiger partial charge in [-0.05, 0) is 38.8 Å². The standard InChI is InChI=1S/C15H19N3O2/c1-9-7-5-6-8-13(9)10(2)16-15(19)17-14-11(3)18-20-12(14)4/h5-8,10H,1-4H3,(H2,16,17,19). The maximum Gasteiger partial charge on any atom is 0.319 e. The second-order valence-corrected chi connectivity index (χ2v) is 4.88. The summed E-state index contributed by atoms with van der Waals surface area (Å²) in [7, 11) is 0. The molecule has 0 fully saturated rings. The predicted octanol–water partition coefficient (Wildman–Crippen LogP) is 3.48. The zero-order valence-corrected chi connectivity index (χ0v) is 12.2. The third kappa shape index (κ3) is 2.99. The Kier molecular flexibility index (Phi) is 4.08. The van der Waals surface area contributed by atoms with Gasteiger partial charge in [-0.3, -0.25) is 0 Å². The predicted molar refractivity (Wildman–Crippen MR) is 77.7 cm³/mol. The number of urea groups is 1. The van der Waals surface area contributed by atoms with E-state index in [4.69, 9.17) is 4.52 Å². The number of amides is 2. The van der Waals surface area contributed by atoms with Gasteiger partial charge in [-0.15, -0.1) is 0 Å². The van der Waals surface area contributed by atoms with Gasteiger partial charge in [-0.1, -0.05) is 29.4 Å². The zero-order valence-electron chi connectivity index (χ0n) is 12.2. The molecular formula is C15H19N3O2. The molecule has 2 aromatic rings. The van der Waals surface area contributed by atoms with Gasteiger partial charge in [0.05, 0.1) is 6.04 Å². The van der Waals surface area contributed by atoms with Crippen LogP contribution in [0.5, 0.6) is 0 Å². The largest absolute Gasteiger partial charge is 0.359 e. The number of rotatable bonds is 3. The second kappa shape index (κ2) is 5.77. The van der Waals surface area contributed by atoms with Gasteiger partial charge in [0, 0.05) is 0 Å². The number of benzene rings is 1.